The predicted molar refractivity (Wildman–Crippen MR) is 71.0 cm³/mol. The highest BCUT2D eigenvalue weighted by molar-refractivity contribution is 6.18. The van der Waals surface area contributed by atoms with Gasteiger partial charge >= 0.3 is 0 Å². The molecule has 0 aliphatic heterocycles. The SMILES string of the molecule is CCC(CC)(CCl)NCC1CC2CCC1C2. The minimum Gasteiger partial charge on any atom is -0.310 e. The van der Waals surface area contributed by atoms with Crippen LogP contribution < -0.4 is 5.32 Å². The van der Waals surface area contributed by atoms with Gasteiger partial charge in [0.1, 0.15) is 0 Å². The van der Waals surface area contributed by atoms with Gasteiger partial charge in [0.25, 0.3) is 0 Å². The van der Waals surface area contributed by atoms with E-state index in [0.717, 1.165) is 36.5 Å². The average Bonchev–Trinajstić information content (AvgIpc) is 2.93. The number of hydrogen-bond donors (Lipinski definition) is 1. The van der Waals surface area contributed by atoms with Gasteiger partial charge in [-0.25, -0.2) is 0 Å². The molecule has 0 spiro atoms. The summed E-state index contributed by atoms with van der Waals surface area (Å²) in [4.78, 5) is 0. The molecule has 94 valence electrons. The van der Waals surface area contributed by atoms with Crippen LogP contribution in [-0.4, -0.2) is 18.0 Å². The van der Waals surface area contributed by atoms with E-state index < -0.39 is 0 Å². The Morgan fingerprint density at radius 3 is 2.38 bits per heavy atom. The molecule has 1 N–H and O–H groups in total. The van der Waals surface area contributed by atoms with Gasteiger partial charge in [-0.05, 0) is 56.4 Å². The van der Waals surface area contributed by atoms with Crippen LogP contribution in [0.5, 0.6) is 0 Å². The number of halogens is 1. The first kappa shape index (κ1) is 12.7. The van der Waals surface area contributed by atoms with Gasteiger partial charge in [0, 0.05) is 11.4 Å². The highest BCUT2D eigenvalue weighted by Crippen LogP contribution is 2.48. The Morgan fingerprint density at radius 2 is 1.94 bits per heavy atom. The lowest BCUT2D eigenvalue weighted by Gasteiger charge is -2.34. The summed E-state index contributed by atoms with van der Waals surface area (Å²) in [5, 5.41) is 3.78. The summed E-state index contributed by atoms with van der Waals surface area (Å²) in [5.74, 6) is 3.78. The minimum atomic E-state index is 0.198. The van der Waals surface area contributed by atoms with Crippen molar-refractivity contribution in [2.24, 2.45) is 17.8 Å². The Hall–Kier alpha value is 0.250. The number of alkyl halides is 1. The molecular weight excluding hydrogens is 218 g/mol. The van der Waals surface area contributed by atoms with E-state index in [4.69, 9.17) is 11.6 Å². The van der Waals surface area contributed by atoms with E-state index in [2.05, 4.69) is 19.2 Å². The fourth-order valence-corrected chi connectivity index (χ4v) is 4.18. The van der Waals surface area contributed by atoms with Crippen molar-refractivity contribution in [2.45, 2.75) is 57.9 Å². The molecule has 2 heteroatoms. The molecule has 2 bridgehead atoms. The maximum atomic E-state index is 6.13. The molecule has 0 aromatic carbocycles. The Bertz CT molecular complexity index is 217. The minimum absolute atomic E-state index is 0.198. The van der Waals surface area contributed by atoms with Crippen LogP contribution >= 0.6 is 11.6 Å². The molecule has 0 saturated heterocycles. The molecule has 2 fully saturated rings. The molecule has 0 radical (unpaired) electrons. The first-order valence-electron chi connectivity index (χ1n) is 7.04. The molecule has 2 saturated carbocycles. The van der Waals surface area contributed by atoms with Crippen molar-refractivity contribution in [2.75, 3.05) is 12.4 Å². The lowest BCUT2D eigenvalue weighted by Crippen LogP contribution is -2.48. The highest BCUT2D eigenvalue weighted by Gasteiger charge is 2.40. The smallest absolute Gasteiger partial charge is 0.0405 e. The average molecular weight is 244 g/mol. The summed E-state index contributed by atoms with van der Waals surface area (Å²) in [7, 11) is 0. The van der Waals surface area contributed by atoms with E-state index in [1.807, 2.05) is 0 Å². The zero-order valence-corrected chi connectivity index (χ0v) is 11.5. The first-order valence-corrected chi connectivity index (χ1v) is 7.57. The quantitative estimate of drug-likeness (QED) is 0.700. The summed E-state index contributed by atoms with van der Waals surface area (Å²) in [6.07, 6.45) is 8.27. The molecule has 0 aromatic heterocycles. The largest absolute Gasteiger partial charge is 0.310 e. The summed E-state index contributed by atoms with van der Waals surface area (Å²) in [6, 6.07) is 0. The van der Waals surface area contributed by atoms with Crippen molar-refractivity contribution < 1.29 is 0 Å². The fraction of sp³-hybridized carbons (Fsp3) is 1.00. The fourth-order valence-electron chi connectivity index (χ4n) is 3.71. The van der Waals surface area contributed by atoms with E-state index in [1.54, 1.807) is 0 Å². The van der Waals surface area contributed by atoms with Gasteiger partial charge in [-0.15, -0.1) is 11.6 Å². The maximum Gasteiger partial charge on any atom is 0.0405 e. The topological polar surface area (TPSA) is 12.0 Å². The molecule has 2 rings (SSSR count). The molecular formula is C14H26ClN. The molecule has 2 aliphatic carbocycles. The second-order valence-corrected chi connectivity index (χ2v) is 6.20. The van der Waals surface area contributed by atoms with Crippen molar-refractivity contribution in [3.05, 3.63) is 0 Å². The van der Waals surface area contributed by atoms with Crippen LogP contribution in [0.15, 0.2) is 0 Å². The second-order valence-electron chi connectivity index (χ2n) is 5.94. The van der Waals surface area contributed by atoms with Crippen molar-refractivity contribution >= 4 is 11.6 Å². The van der Waals surface area contributed by atoms with Crippen molar-refractivity contribution in [3.63, 3.8) is 0 Å². The van der Waals surface area contributed by atoms with E-state index in [9.17, 15) is 0 Å². The molecule has 0 heterocycles. The number of hydrogen-bond acceptors (Lipinski definition) is 1. The Morgan fingerprint density at radius 1 is 1.19 bits per heavy atom. The Labute approximate surface area is 105 Å². The monoisotopic (exact) mass is 243 g/mol. The van der Waals surface area contributed by atoms with Crippen LogP contribution in [0.1, 0.15) is 52.4 Å². The van der Waals surface area contributed by atoms with Crippen LogP contribution in [0.3, 0.4) is 0 Å². The van der Waals surface area contributed by atoms with Crippen LogP contribution in [0.25, 0.3) is 0 Å². The second kappa shape index (κ2) is 5.27. The molecule has 0 aromatic rings. The van der Waals surface area contributed by atoms with Gasteiger partial charge in [0.2, 0.25) is 0 Å². The van der Waals surface area contributed by atoms with Crippen molar-refractivity contribution in [1.82, 2.24) is 5.32 Å². The van der Waals surface area contributed by atoms with Gasteiger partial charge in [-0.2, -0.15) is 0 Å². The lowest BCUT2D eigenvalue weighted by atomic mass is 9.87. The van der Waals surface area contributed by atoms with Crippen molar-refractivity contribution in [3.8, 4) is 0 Å². The first-order chi connectivity index (χ1) is 7.73. The van der Waals surface area contributed by atoms with E-state index in [1.165, 1.54) is 32.2 Å². The van der Waals surface area contributed by atoms with Crippen molar-refractivity contribution in [1.29, 1.82) is 0 Å². The predicted octanol–water partition coefficient (Wildman–Crippen LogP) is 3.81. The third kappa shape index (κ3) is 2.41. The normalized spacial score (nSPS) is 33.6. The third-order valence-electron chi connectivity index (χ3n) is 5.23. The lowest BCUT2D eigenvalue weighted by molar-refractivity contribution is 0.259. The summed E-state index contributed by atoms with van der Waals surface area (Å²) >= 11 is 6.13. The third-order valence-corrected chi connectivity index (χ3v) is 5.74. The molecule has 0 amide bonds. The summed E-state index contributed by atoms with van der Waals surface area (Å²) in [6.45, 7) is 5.70. The maximum absolute atomic E-state index is 6.13. The van der Waals surface area contributed by atoms with Gasteiger partial charge in [0.15, 0.2) is 0 Å². The van der Waals surface area contributed by atoms with Gasteiger partial charge in [-0.3, -0.25) is 0 Å². The van der Waals surface area contributed by atoms with Crippen LogP contribution in [-0.2, 0) is 0 Å². The molecule has 1 nitrogen and oxygen atoms in total. The number of rotatable bonds is 6. The zero-order valence-electron chi connectivity index (χ0n) is 10.8. The standard InChI is InChI=1S/C14H26ClN/c1-3-14(4-2,10-15)16-9-13-8-11-5-6-12(13)7-11/h11-13,16H,3-10H2,1-2H3. The van der Waals surface area contributed by atoms with E-state index >= 15 is 0 Å². The molecule has 3 atom stereocenters. The Balaban J connectivity index is 1.82. The van der Waals surface area contributed by atoms with Gasteiger partial charge in [-0.1, -0.05) is 20.3 Å². The molecule has 3 unspecified atom stereocenters. The molecule has 2 aliphatic rings. The highest BCUT2D eigenvalue weighted by atomic mass is 35.5. The van der Waals surface area contributed by atoms with Crippen LogP contribution in [0, 0.1) is 17.8 Å². The van der Waals surface area contributed by atoms with Gasteiger partial charge in [0.05, 0.1) is 0 Å². The summed E-state index contributed by atoms with van der Waals surface area (Å²) < 4.78 is 0. The van der Waals surface area contributed by atoms with Gasteiger partial charge < -0.3 is 5.32 Å². The van der Waals surface area contributed by atoms with Crippen LogP contribution in [0.2, 0.25) is 0 Å². The number of nitrogens with one attached hydrogen (secondary N) is 1. The Kier molecular flexibility index (Phi) is 4.18. The zero-order chi connectivity index (χ0) is 11.6. The van der Waals surface area contributed by atoms with Crippen LogP contribution in [0.4, 0.5) is 0 Å². The molecule has 16 heavy (non-hydrogen) atoms. The number of fused-ring (bicyclic) bond motifs is 2. The summed E-state index contributed by atoms with van der Waals surface area (Å²) in [5.41, 5.74) is 0.198. The van der Waals surface area contributed by atoms with E-state index in [0.29, 0.717) is 0 Å². The van der Waals surface area contributed by atoms with E-state index in [-0.39, 0.29) is 5.54 Å².